The van der Waals surface area contributed by atoms with E-state index in [0.717, 1.165) is 19.4 Å². The molecule has 16 heavy (non-hydrogen) atoms. The average Bonchev–Trinajstić information content (AvgIpc) is 3.11. The number of carbonyl (C=O) groups is 1. The van der Waals surface area contributed by atoms with E-state index in [4.69, 9.17) is 4.74 Å². The molecule has 0 spiro atoms. The molecule has 0 aromatic rings. The smallest absolute Gasteiger partial charge is 0.313 e. The van der Waals surface area contributed by atoms with Gasteiger partial charge in [0, 0.05) is 12.6 Å². The van der Waals surface area contributed by atoms with Crippen LogP contribution in [0.1, 0.15) is 51.4 Å². The zero-order chi connectivity index (χ0) is 11.4. The van der Waals surface area contributed by atoms with Gasteiger partial charge >= 0.3 is 5.97 Å². The van der Waals surface area contributed by atoms with Crippen molar-refractivity contribution in [2.75, 3.05) is 13.7 Å². The summed E-state index contributed by atoms with van der Waals surface area (Å²) in [7, 11) is 1.49. The van der Waals surface area contributed by atoms with Gasteiger partial charge in [0.1, 0.15) is 0 Å². The number of carbonyl (C=O) groups excluding carboxylic acids is 1. The van der Waals surface area contributed by atoms with Gasteiger partial charge in [-0.05, 0) is 25.7 Å². The Morgan fingerprint density at radius 2 is 1.88 bits per heavy atom. The summed E-state index contributed by atoms with van der Waals surface area (Å²) >= 11 is 0. The largest absolute Gasteiger partial charge is 0.469 e. The van der Waals surface area contributed by atoms with Crippen molar-refractivity contribution in [2.45, 2.75) is 57.4 Å². The van der Waals surface area contributed by atoms with Crippen LogP contribution in [-0.4, -0.2) is 25.7 Å². The summed E-state index contributed by atoms with van der Waals surface area (Å²) in [5.74, 6) is -0.0198. The van der Waals surface area contributed by atoms with Crippen molar-refractivity contribution < 1.29 is 9.53 Å². The number of esters is 1. The number of ether oxygens (including phenoxy) is 1. The molecule has 1 N–H and O–H groups in total. The second-order valence-corrected chi connectivity index (χ2v) is 5.34. The highest BCUT2D eigenvalue weighted by atomic mass is 16.5. The van der Waals surface area contributed by atoms with Crippen LogP contribution in [0.3, 0.4) is 0 Å². The van der Waals surface area contributed by atoms with E-state index in [2.05, 4.69) is 5.32 Å². The van der Waals surface area contributed by atoms with Crippen LogP contribution in [0, 0.1) is 5.41 Å². The summed E-state index contributed by atoms with van der Waals surface area (Å²) in [5, 5.41) is 3.58. The van der Waals surface area contributed by atoms with Gasteiger partial charge in [0.2, 0.25) is 0 Å². The molecule has 0 heterocycles. The maximum absolute atomic E-state index is 11.6. The van der Waals surface area contributed by atoms with Crippen molar-refractivity contribution in [3.05, 3.63) is 0 Å². The highest BCUT2D eigenvalue weighted by Crippen LogP contribution is 2.46. The molecule has 2 saturated carbocycles. The van der Waals surface area contributed by atoms with E-state index < -0.39 is 0 Å². The lowest BCUT2D eigenvalue weighted by Crippen LogP contribution is -2.37. The molecule has 0 aliphatic heterocycles. The first-order valence-electron chi connectivity index (χ1n) is 6.59. The normalized spacial score (nSPS) is 24.8. The van der Waals surface area contributed by atoms with Gasteiger partial charge in [-0.2, -0.15) is 0 Å². The lowest BCUT2D eigenvalue weighted by molar-refractivity contribution is -0.146. The first-order chi connectivity index (χ1) is 7.77. The number of nitrogens with one attached hydrogen (secondary N) is 1. The van der Waals surface area contributed by atoms with Gasteiger partial charge in [-0.1, -0.05) is 25.7 Å². The Kier molecular flexibility index (Phi) is 3.85. The van der Waals surface area contributed by atoms with Crippen molar-refractivity contribution >= 4 is 5.97 Å². The molecule has 0 atom stereocenters. The Hall–Kier alpha value is -0.570. The Bertz CT molecular complexity index is 240. The van der Waals surface area contributed by atoms with Crippen LogP contribution in [0.5, 0.6) is 0 Å². The third kappa shape index (κ3) is 2.76. The van der Waals surface area contributed by atoms with Gasteiger partial charge in [-0.15, -0.1) is 0 Å². The molecule has 0 aromatic carbocycles. The zero-order valence-corrected chi connectivity index (χ0v) is 10.3. The molecule has 0 aromatic heterocycles. The highest BCUT2D eigenvalue weighted by molar-refractivity contribution is 5.80. The average molecular weight is 225 g/mol. The molecule has 2 fully saturated rings. The maximum atomic E-state index is 11.6. The molecule has 2 rings (SSSR count). The summed E-state index contributed by atoms with van der Waals surface area (Å²) < 4.78 is 4.86. The molecule has 2 aliphatic rings. The molecule has 3 heteroatoms. The molecule has 2 aliphatic carbocycles. The Morgan fingerprint density at radius 3 is 2.38 bits per heavy atom. The third-order valence-corrected chi connectivity index (χ3v) is 4.06. The van der Waals surface area contributed by atoms with Crippen molar-refractivity contribution in [3.63, 3.8) is 0 Å². The van der Waals surface area contributed by atoms with E-state index in [1.54, 1.807) is 0 Å². The minimum Gasteiger partial charge on any atom is -0.469 e. The van der Waals surface area contributed by atoms with Crippen molar-refractivity contribution in [3.8, 4) is 0 Å². The summed E-state index contributed by atoms with van der Waals surface area (Å²) in [4.78, 5) is 11.6. The molecule has 0 bridgehead atoms. The molecular weight excluding hydrogens is 202 g/mol. The first-order valence-corrected chi connectivity index (χ1v) is 6.59. The SMILES string of the molecule is COC(=O)C1(CNC2CCCCCC2)CC1. The third-order valence-electron chi connectivity index (χ3n) is 4.06. The van der Waals surface area contributed by atoms with E-state index in [1.165, 1.54) is 45.6 Å². The van der Waals surface area contributed by atoms with Crippen molar-refractivity contribution in [1.82, 2.24) is 5.32 Å². The fourth-order valence-electron chi connectivity index (χ4n) is 2.64. The molecule has 0 radical (unpaired) electrons. The lowest BCUT2D eigenvalue weighted by atomic mass is 10.0. The topological polar surface area (TPSA) is 38.3 Å². The predicted octanol–water partition coefficient (Wildman–Crippen LogP) is 2.25. The number of hydrogen-bond donors (Lipinski definition) is 1. The number of methoxy groups -OCH3 is 1. The second-order valence-electron chi connectivity index (χ2n) is 5.34. The van der Waals surface area contributed by atoms with Crippen LogP contribution in [-0.2, 0) is 9.53 Å². The summed E-state index contributed by atoms with van der Waals surface area (Å²) in [6.45, 7) is 0.824. The summed E-state index contributed by atoms with van der Waals surface area (Å²) in [5.41, 5.74) is -0.166. The van der Waals surface area contributed by atoms with Crippen molar-refractivity contribution in [2.24, 2.45) is 5.41 Å². The van der Waals surface area contributed by atoms with Crippen molar-refractivity contribution in [1.29, 1.82) is 0 Å². The Morgan fingerprint density at radius 1 is 1.25 bits per heavy atom. The van der Waals surface area contributed by atoms with E-state index in [-0.39, 0.29) is 11.4 Å². The van der Waals surface area contributed by atoms with Gasteiger partial charge in [0.15, 0.2) is 0 Å². The minimum absolute atomic E-state index is 0.0198. The van der Waals surface area contributed by atoms with Crippen LogP contribution in [0.2, 0.25) is 0 Å². The Balaban J connectivity index is 1.76. The zero-order valence-electron chi connectivity index (χ0n) is 10.3. The van der Waals surface area contributed by atoms with Crippen LogP contribution in [0.15, 0.2) is 0 Å². The molecule has 0 saturated heterocycles. The maximum Gasteiger partial charge on any atom is 0.313 e. The lowest BCUT2D eigenvalue weighted by Gasteiger charge is -2.20. The van der Waals surface area contributed by atoms with Gasteiger partial charge < -0.3 is 10.1 Å². The van der Waals surface area contributed by atoms with Gasteiger partial charge in [0.25, 0.3) is 0 Å². The number of hydrogen-bond acceptors (Lipinski definition) is 3. The summed E-state index contributed by atoms with van der Waals surface area (Å²) in [6, 6.07) is 0.629. The molecular formula is C13H23NO2. The van der Waals surface area contributed by atoms with E-state index >= 15 is 0 Å². The molecule has 0 unspecified atom stereocenters. The van der Waals surface area contributed by atoms with Crippen LogP contribution in [0.25, 0.3) is 0 Å². The van der Waals surface area contributed by atoms with Crippen LogP contribution < -0.4 is 5.32 Å². The minimum atomic E-state index is -0.166. The second kappa shape index (κ2) is 5.17. The fraction of sp³-hybridized carbons (Fsp3) is 0.923. The predicted molar refractivity (Wildman–Crippen MR) is 63.2 cm³/mol. The van der Waals surface area contributed by atoms with E-state index in [0.29, 0.717) is 6.04 Å². The standard InChI is InChI=1S/C13H23NO2/c1-16-12(15)13(8-9-13)10-14-11-6-4-2-3-5-7-11/h11,14H,2-10H2,1H3. The van der Waals surface area contributed by atoms with Gasteiger partial charge in [0.05, 0.1) is 12.5 Å². The molecule has 0 amide bonds. The summed E-state index contributed by atoms with van der Waals surface area (Å²) in [6.07, 6.45) is 9.97. The quantitative estimate of drug-likeness (QED) is 0.589. The highest BCUT2D eigenvalue weighted by Gasteiger charge is 2.50. The Labute approximate surface area is 97.9 Å². The van der Waals surface area contributed by atoms with Crippen LogP contribution in [0.4, 0.5) is 0 Å². The van der Waals surface area contributed by atoms with Gasteiger partial charge in [-0.25, -0.2) is 0 Å². The number of rotatable bonds is 4. The monoisotopic (exact) mass is 225 g/mol. The van der Waals surface area contributed by atoms with E-state index in [1.807, 2.05) is 0 Å². The van der Waals surface area contributed by atoms with E-state index in [9.17, 15) is 4.79 Å². The molecule has 92 valence electrons. The van der Waals surface area contributed by atoms with Crippen LogP contribution >= 0.6 is 0 Å². The fourth-order valence-corrected chi connectivity index (χ4v) is 2.64. The van der Waals surface area contributed by atoms with Gasteiger partial charge in [-0.3, -0.25) is 4.79 Å². The first kappa shape index (κ1) is 11.9. The molecule has 3 nitrogen and oxygen atoms in total.